The Kier molecular flexibility index (Phi) is 4.92. The smallest absolute Gasteiger partial charge is 0.0824 e. The third kappa shape index (κ3) is 3.13. The van der Waals surface area contributed by atoms with Crippen LogP contribution in [0.3, 0.4) is 0 Å². The summed E-state index contributed by atoms with van der Waals surface area (Å²) in [7, 11) is 0. The summed E-state index contributed by atoms with van der Waals surface area (Å²) in [6, 6.07) is 8.10. The van der Waals surface area contributed by atoms with E-state index in [-0.39, 0.29) is 6.10 Å². The minimum absolute atomic E-state index is 0.346. The zero-order valence-electron chi connectivity index (χ0n) is 11.8. The summed E-state index contributed by atoms with van der Waals surface area (Å²) in [5.74, 6) is 0.346. The minimum Gasteiger partial charge on any atom is -0.388 e. The number of hydrogen-bond donors (Lipinski definition) is 1. The van der Waals surface area contributed by atoms with Gasteiger partial charge in [-0.15, -0.1) is 0 Å². The van der Waals surface area contributed by atoms with Gasteiger partial charge in [0.25, 0.3) is 0 Å². The molecule has 0 aliphatic heterocycles. The van der Waals surface area contributed by atoms with Crippen molar-refractivity contribution in [1.82, 2.24) is 4.98 Å². The number of benzene rings is 1. The van der Waals surface area contributed by atoms with Crippen molar-refractivity contribution >= 4 is 10.8 Å². The van der Waals surface area contributed by atoms with Gasteiger partial charge >= 0.3 is 0 Å². The fourth-order valence-corrected chi connectivity index (χ4v) is 2.71. The van der Waals surface area contributed by atoms with Crippen LogP contribution in [0.4, 0.5) is 0 Å². The van der Waals surface area contributed by atoms with E-state index >= 15 is 0 Å². The van der Waals surface area contributed by atoms with E-state index in [0.29, 0.717) is 5.92 Å². The lowest BCUT2D eigenvalue weighted by atomic mass is 9.87. The Morgan fingerprint density at radius 2 is 2.05 bits per heavy atom. The Labute approximate surface area is 115 Å². The van der Waals surface area contributed by atoms with Crippen molar-refractivity contribution in [2.75, 3.05) is 0 Å². The molecule has 1 aromatic heterocycles. The van der Waals surface area contributed by atoms with Crippen LogP contribution in [0, 0.1) is 5.92 Å². The van der Waals surface area contributed by atoms with E-state index in [9.17, 15) is 5.11 Å². The monoisotopic (exact) mass is 257 g/mol. The summed E-state index contributed by atoms with van der Waals surface area (Å²) in [5.41, 5.74) is 1.04. The van der Waals surface area contributed by atoms with Crippen molar-refractivity contribution in [3.63, 3.8) is 0 Å². The van der Waals surface area contributed by atoms with Gasteiger partial charge in [-0.1, -0.05) is 51.3 Å². The van der Waals surface area contributed by atoms with E-state index in [1.807, 2.05) is 30.5 Å². The number of pyridine rings is 1. The fraction of sp³-hybridized carbons (Fsp3) is 0.471. The predicted octanol–water partition coefficient (Wildman–Crippen LogP) is 4.48. The normalized spacial score (nSPS) is 14.5. The standard InChI is InChI=1S/C17H23NO/c1-3-5-7-13(4-2)17(19)16-9-6-8-14-12-18-11-10-15(14)16/h6,8-13,17,19H,3-5,7H2,1-2H3. The minimum atomic E-state index is -0.373. The van der Waals surface area contributed by atoms with Crippen LogP contribution < -0.4 is 0 Å². The van der Waals surface area contributed by atoms with Crippen LogP contribution in [0.1, 0.15) is 51.2 Å². The molecular formula is C17H23NO. The molecule has 1 N–H and O–H groups in total. The molecule has 19 heavy (non-hydrogen) atoms. The molecule has 2 nitrogen and oxygen atoms in total. The molecule has 2 rings (SSSR count). The summed E-state index contributed by atoms with van der Waals surface area (Å²) in [6.07, 6.45) is 7.76. The average Bonchev–Trinajstić information content (AvgIpc) is 2.47. The van der Waals surface area contributed by atoms with E-state index in [2.05, 4.69) is 18.8 Å². The number of fused-ring (bicyclic) bond motifs is 1. The third-order valence-electron chi connectivity index (χ3n) is 3.93. The van der Waals surface area contributed by atoms with Gasteiger partial charge in [0, 0.05) is 17.8 Å². The second-order valence-corrected chi connectivity index (χ2v) is 5.20. The van der Waals surface area contributed by atoms with Crippen molar-refractivity contribution in [2.24, 2.45) is 5.92 Å². The van der Waals surface area contributed by atoms with Crippen molar-refractivity contribution in [1.29, 1.82) is 0 Å². The van der Waals surface area contributed by atoms with E-state index in [1.54, 1.807) is 6.20 Å². The molecule has 0 spiro atoms. The van der Waals surface area contributed by atoms with Gasteiger partial charge in [0.05, 0.1) is 6.10 Å². The van der Waals surface area contributed by atoms with Gasteiger partial charge in [0.2, 0.25) is 0 Å². The van der Waals surface area contributed by atoms with E-state index in [1.165, 1.54) is 12.8 Å². The zero-order chi connectivity index (χ0) is 13.7. The Hall–Kier alpha value is -1.41. The van der Waals surface area contributed by atoms with Crippen molar-refractivity contribution in [2.45, 2.75) is 45.6 Å². The molecule has 2 heteroatoms. The second kappa shape index (κ2) is 6.67. The number of unbranched alkanes of at least 4 members (excludes halogenated alkanes) is 1. The summed E-state index contributed by atoms with van der Waals surface area (Å²) in [4.78, 5) is 4.15. The number of hydrogen-bond acceptors (Lipinski definition) is 2. The maximum Gasteiger partial charge on any atom is 0.0824 e. The predicted molar refractivity (Wildman–Crippen MR) is 80.0 cm³/mol. The highest BCUT2D eigenvalue weighted by atomic mass is 16.3. The molecule has 0 saturated heterocycles. The highest BCUT2D eigenvalue weighted by molar-refractivity contribution is 5.85. The van der Waals surface area contributed by atoms with Crippen LogP contribution in [0.2, 0.25) is 0 Å². The maximum absolute atomic E-state index is 10.7. The van der Waals surface area contributed by atoms with Crippen LogP contribution in [0.5, 0.6) is 0 Å². The van der Waals surface area contributed by atoms with Crippen molar-refractivity contribution in [3.05, 3.63) is 42.2 Å². The summed E-state index contributed by atoms with van der Waals surface area (Å²) >= 11 is 0. The summed E-state index contributed by atoms with van der Waals surface area (Å²) in [5, 5.41) is 12.9. The SMILES string of the molecule is CCCCC(CC)C(O)c1cccc2cnccc12. The highest BCUT2D eigenvalue weighted by Gasteiger charge is 2.20. The lowest BCUT2D eigenvalue weighted by Gasteiger charge is -2.23. The second-order valence-electron chi connectivity index (χ2n) is 5.20. The molecule has 0 saturated carbocycles. The number of nitrogens with zero attached hydrogens (tertiary/aromatic N) is 1. The Balaban J connectivity index is 2.31. The first-order valence-corrected chi connectivity index (χ1v) is 7.28. The molecule has 0 aliphatic rings. The first kappa shape index (κ1) is 14.0. The fourth-order valence-electron chi connectivity index (χ4n) is 2.71. The molecule has 0 fully saturated rings. The van der Waals surface area contributed by atoms with Crippen LogP contribution in [-0.4, -0.2) is 10.1 Å². The Bertz CT molecular complexity index is 518. The number of aliphatic hydroxyl groups excluding tert-OH is 1. The molecule has 102 valence electrons. The molecule has 0 amide bonds. The molecule has 1 aromatic carbocycles. The van der Waals surface area contributed by atoms with E-state index in [4.69, 9.17) is 0 Å². The molecule has 0 aliphatic carbocycles. The molecule has 0 radical (unpaired) electrons. The summed E-state index contributed by atoms with van der Waals surface area (Å²) in [6.45, 7) is 4.36. The van der Waals surface area contributed by atoms with Crippen LogP contribution >= 0.6 is 0 Å². The van der Waals surface area contributed by atoms with E-state index in [0.717, 1.165) is 29.2 Å². The third-order valence-corrected chi connectivity index (χ3v) is 3.93. The Morgan fingerprint density at radius 3 is 2.79 bits per heavy atom. The zero-order valence-corrected chi connectivity index (χ0v) is 11.8. The van der Waals surface area contributed by atoms with Crippen LogP contribution in [0.25, 0.3) is 10.8 Å². The molecule has 2 unspecified atom stereocenters. The number of aromatic nitrogens is 1. The van der Waals surface area contributed by atoms with Gasteiger partial charge < -0.3 is 5.11 Å². The molecule has 1 heterocycles. The quantitative estimate of drug-likeness (QED) is 0.827. The van der Waals surface area contributed by atoms with Crippen molar-refractivity contribution in [3.8, 4) is 0 Å². The lowest BCUT2D eigenvalue weighted by molar-refractivity contribution is 0.100. The number of rotatable bonds is 6. The maximum atomic E-state index is 10.7. The van der Waals surface area contributed by atoms with Crippen LogP contribution in [-0.2, 0) is 0 Å². The van der Waals surface area contributed by atoms with Gasteiger partial charge in [-0.05, 0) is 29.4 Å². The largest absolute Gasteiger partial charge is 0.388 e. The average molecular weight is 257 g/mol. The summed E-state index contributed by atoms with van der Waals surface area (Å²) < 4.78 is 0. The van der Waals surface area contributed by atoms with Gasteiger partial charge in [0.15, 0.2) is 0 Å². The first-order valence-electron chi connectivity index (χ1n) is 7.28. The van der Waals surface area contributed by atoms with Gasteiger partial charge in [-0.2, -0.15) is 0 Å². The lowest BCUT2D eigenvalue weighted by Crippen LogP contribution is -2.12. The molecule has 0 bridgehead atoms. The van der Waals surface area contributed by atoms with Crippen LogP contribution in [0.15, 0.2) is 36.7 Å². The number of aliphatic hydroxyl groups is 1. The topological polar surface area (TPSA) is 33.1 Å². The highest BCUT2D eigenvalue weighted by Crippen LogP contribution is 2.32. The molecule has 2 aromatic rings. The molecular weight excluding hydrogens is 234 g/mol. The van der Waals surface area contributed by atoms with Gasteiger partial charge in [0.1, 0.15) is 0 Å². The molecule has 2 atom stereocenters. The van der Waals surface area contributed by atoms with Gasteiger partial charge in [-0.25, -0.2) is 0 Å². The van der Waals surface area contributed by atoms with E-state index < -0.39 is 0 Å². The first-order chi connectivity index (χ1) is 9.27. The van der Waals surface area contributed by atoms with Crippen molar-refractivity contribution < 1.29 is 5.11 Å². The Morgan fingerprint density at radius 1 is 1.21 bits per heavy atom. The van der Waals surface area contributed by atoms with Gasteiger partial charge in [-0.3, -0.25) is 4.98 Å².